The molecule has 0 saturated heterocycles. The average molecular weight is 150 g/mol. The minimum atomic E-state index is -0.413. The molecular formula is C8H10N2O. The van der Waals surface area contributed by atoms with Gasteiger partial charge in [-0.15, -0.1) is 0 Å². The van der Waals surface area contributed by atoms with Gasteiger partial charge in [0.2, 0.25) is 0 Å². The monoisotopic (exact) mass is 150 g/mol. The summed E-state index contributed by atoms with van der Waals surface area (Å²) in [5, 5.41) is 0. The maximum atomic E-state index is 10.8. The molecule has 0 aromatic rings. The van der Waals surface area contributed by atoms with Crippen molar-refractivity contribution in [2.24, 2.45) is 5.73 Å². The minimum Gasteiger partial charge on any atom is -0.364 e. The average Bonchev–Trinajstić information content (AvgIpc) is 2.13. The SMILES string of the molecule is CN1C=CC=CC=C1C(N)=O. The first kappa shape index (κ1) is 7.60. The lowest BCUT2D eigenvalue weighted by Crippen LogP contribution is -2.24. The fourth-order valence-corrected chi connectivity index (χ4v) is 0.843. The summed E-state index contributed by atoms with van der Waals surface area (Å²) in [6.45, 7) is 0. The normalized spacial score (nSPS) is 16.1. The molecule has 0 spiro atoms. The van der Waals surface area contributed by atoms with Gasteiger partial charge in [0, 0.05) is 13.2 Å². The van der Waals surface area contributed by atoms with Crippen LogP contribution in [0.3, 0.4) is 0 Å². The van der Waals surface area contributed by atoms with Crippen LogP contribution in [0.2, 0.25) is 0 Å². The Balaban J connectivity index is 2.92. The number of nitrogens with two attached hydrogens (primary N) is 1. The maximum Gasteiger partial charge on any atom is 0.265 e. The number of likely N-dealkylation sites (N-methyl/N-ethyl adjacent to an activating group) is 1. The van der Waals surface area contributed by atoms with Gasteiger partial charge in [-0.1, -0.05) is 12.2 Å². The molecule has 0 radical (unpaired) electrons. The lowest BCUT2D eigenvalue weighted by atomic mass is 10.3. The van der Waals surface area contributed by atoms with E-state index >= 15 is 0 Å². The topological polar surface area (TPSA) is 46.3 Å². The molecule has 0 aromatic heterocycles. The quantitative estimate of drug-likeness (QED) is 0.587. The van der Waals surface area contributed by atoms with Crippen molar-refractivity contribution in [3.63, 3.8) is 0 Å². The van der Waals surface area contributed by atoms with Gasteiger partial charge >= 0.3 is 0 Å². The lowest BCUT2D eigenvalue weighted by Gasteiger charge is -2.13. The van der Waals surface area contributed by atoms with E-state index in [0.29, 0.717) is 5.70 Å². The molecule has 1 rings (SSSR count). The first-order valence-corrected chi connectivity index (χ1v) is 3.29. The number of amides is 1. The summed E-state index contributed by atoms with van der Waals surface area (Å²) in [5.74, 6) is -0.413. The molecule has 0 aliphatic carbocycles. The highest BCUT2D eigenvalue weighted by Crippen LogP contribution is 2.04. The third-order valence-corrected chi connectivity index (χ3v) is 1.42. The van der Waals surface area contributed by atoms with E-state index < -0.39 is 5.91 Å². The van der Waals surface area contributed by atoms with E-state index in [-0.39, 0.29) is 0 Å². The third-order valence-electron chi connectivity index (χ3n) is 1.42. The molecule has 2 N–H and O–H groups in total. The van der Waals surface area contributed by atoms with Crippen molar-refractivity contribution < 1.29 is 4.79 Å². The summed E-state index contributed by atoms with van der Waals surface area (Å²) in [7, 11) is 1.78. The van der Waals surface area contributed by atoms with Crippen LogP contribution in [-0.2, 0) is 4.79 Å². The maximum absolute atomic E-state index is 10.8. The number of primary amides is 1. The minimum absolute atomic E-state index is 0.413. The molecule has 0 unspecified atom stereocenters. The Labute approximate surface area is 65.5 Å². The van der Waals surface area contributed by atoms with Crippen LogP contribution in [-0.4, -0.2) is 17.9 Å². The van der Waals surface area contributed by atoms with Gasteiger partial charge in [0.25, 0.3) is 5.91 Å². The van der Waals surface area contributed by atoms with Gasteiger partial charge < -0.3 is 10.6 Å². The Kier molecular flexibility index (Phi) is 2.11. The van der Waals surface area contributed by atoms with Gasteiger partial charge in [-0.05, 0) is 12.2 Å². The fourth-order valence-electron chi connectivity index (χ4n) is 0.843. The molecule has 1 aliphatic rings. The van der Waals surface area contributed by atoms with Gasteiger partial charge in [-0.2, -0.15) is 0 Å². The number of hydrogen-bond acceptors (Lipinski definition) is 2. The Morgan fingerprint density at radius 2 is 2.18 bits per heavy atom. The zero-order valence-electron chi connectivity index (χ0n) is 6.32. The molecule has 0 bridgehead atoms. The molecule has 1 amide bonds. The number of carbonyl (C=O) groups excluding carboxylic acids is 1. The van der Waals surface area contributed by atoms with Crippen LogP contribution in [0.15, 0.2) is 36.2 Å². The zero-order valence-corrected chi connectivity index (χ0v) is 6.32. The van der Waals surface area contributed by atoms with Gasteiger partial charge in [0.15, 0.2) is 0 Å². The number of allylic oxidation sites excluding steroid dienone is 4. The molecule has 0 fully saturated rings. The van der Waals surface area contributed by atoms with E-state index in [1.54, 1.807) is 30.3 Å². The smallest absolute Gasteiger partial charge is 0.265 e. The molecule has 3 nitrogen and oxygen atoms in total. The van der Waals surface area contributed by atoms with Crippen molar-refractivity contribution in [1.82, 2.24) is 4.90 Å². The highest BCUT2D eigenvalue weighted by molar-refractivity contribution is 5.91. The standard InChI is InChI=1S/C8H10N2O/c1-10-6-4-2-3-5-7(10)8(9)11/h2-6H,1H3,(H2,9,11). The van der Waals surface area contributed by atoms with Crippen molar-refractivity contribution >= 4 is 5.91 Å². The largest absolute Gasteiger partial charge is 0.364 e. The van der Waals surface area contributed by atoms with E-state index in [1.165, 1.54) is 0 Å². The van der Waals surface area contributed by atoms with Crippen LogP contribution in [0.5, 0.6) is 0 Å². The molecule has 1 aliphatic heterocycles. The second-order valence-electron chi connectivity index (χ2n) is 2.25. The van der Waals surface area contributed by atoms with Crippen LogP contribution in [0.25, 0.3) is 0 Å². The van der Waals surface area contributed by atoms with Crippen molar-refractivity contribution in [2.75, 3.05) is 7.05 Å². The highest BCUT2D eigenvalue weighted by Gasteiger charge is 2.07. The van der Waals surface area contributed by atoms with Gasteiger partial charge in [-0.25, -0.2) is 0 Å². The van der Waals surface area contributed by atoms with Crippen molar-refractivity contribution in [3.8, 4) is 0 Å². The van der Waals surface area contributed by atoms with Crippen LogP contribution in [0.1, 0.15) is 0 Å². The second kappa shape index (κ2) is 3.05. The van der Waals surface area contributed by atoms with Gasteiger partial charge in [0.1, 0.15) is 5.70 Å². The van der Waals surface area contributed by atoms with E-state index in [2.05, 4.69) is 0 Å². The van der Waals surface area contributed by atoms with Gasteiger partial charge in [-0.3, -0.25) is 4.79 Å². The summed E-state index contributed by atoms with van der Waals surface area (Å²) >= 11 is 0. The van der Waals surface area contributed by atoms with E-state index in [1.807, 2.05) is 12.2 Å². The van der Waals surface area contributed by atoms with E-state index in [0.717, 1.165) is 0 Å². The third kappa shape index (κ3) is 1.70. The predicted octanol–water partition coefficient (Wildman–Crippen LogP) is 0.371. The lowest BCUT2D eigenvalue weighted by molar-refractivity contribution is -0.115. The van der Waals surface area contributed by atoms with Gasteiger partial charge in [0.05, 0.1) is 0 Å². The van der Waals surface area contributed by atoms with Crippen LogP contribution >= 0.6 is 0 Å². The van der Waals surface area contributed by atoms with E-state index in [4.69, 9.17) is 5.73 Å². The number of rotatable bonds is 1. The molecule has 3 heteroatoms. The number of nitrogens with zero attached hydrogens (tertiary/aromatic N) is 1. The Bertz CT molecular complexity index is 251. The van der Waals surface area contributed by atoms with Crippen LogP contribution < -0.4 is 5.73 Å². The summed E-state index contributed by atoms with van der Waals surface area (Å²) in [6.07, 6.45) is 8.92. The molecule has 0 saturated carbocycles. The Hall–Kier alpha value is -1.51. The number of hydrogen-bond donors (Lipinski definition) is 1. The number of carbonyl (C=O) groups is 1. The zero-order chi connectivity index (χ0) is 8.27. The first-order chi connectivity index (χ1) is 5.22. The predicted molar refractivity (Wildman–Crippen MR) is 43.3 cm³/mol. The van der Waals surface area contributed by atoms with Crippen LogP contribution in [0.4, 0.5) is 0 Å². The molecule has 11 heavy (non-hydrogen) atoms. The second-order valence-corrected chi connectivity index (χ2v) is 2.25. The Morgan fingerprint density at radius 1 is 1.45 bits per heavy atom. The summed E-state index contributed by atoms with van der Waals surface area (Å²) in [6, 6.07) is 0. The van der Waals surface area contributed by atoms with Crippen molar-refractivity contribution in [3.05, 3.63) is 36.2 Å². The molecule has 0 aromatic carbocycles. The summed E-state index contributed by atoms with van der Waals surface area (Å²) in [4.78, 5) is 12.4. The van der Waals surface area contributed by atoms with E-state index in [9.17, 15) is 4.79 Å². The Morgan fingerprint density at radius 3 is 2.82 bits per heavy atom. The molecule has 1 heterocycles. The van der Waals surface area contributed by atoms with Crippen molar-refractivity contribution in [2.45, 2.75) is 0 Å². The van der Waals surface area contributed by atoms with Crippen molar-refractivity contribution in [1.29, 1.82) is 0 Å². The van der Waals surface area contributed by atoms with Crippen LogP contribution in [0, 0.1) is 0 Å². The molecule has 58 valence electrons. The molecule has 0 atom stereocenters. The summed E-state index contributed by atoms with van der Waals surface area (Å²) in [5.41, 5.74) is 5.61. The summed E-state index contributed by atoms with van der Waals surface area (Å²) < 4.78 is 0. The fraction of sp³-hybridized carbons (Fsp3) is 0.125. The first-order valence-electron chi connectivity index (χ1n) is 3.29. The molecular weight excluding hydrogens is 140 g/mol. The highest BCUT2D eigenvalue weighted by atomic mass is 16.1.